The fourth-order valence-electron chi connectivity index (χ4n) is 1.70. The van der Waals surface area contributed by atoms with Gasteiger partial charge in [-0.05, 0) is 54.6 Å². The highest BCUT2D eigenvalue weighted by Gasteiger charge is 2.26. The van der Waals surface area contributed by atoms with E-state index in [1.54, 1.807) is 6.07 Å². The Balaban J connectivity index is 2.59. The van der Waals surface area contributed by atoms with Crippen LogP contribution in [-0.4, -0.2) is 18.7 Å². The summed E-state index contributed by atoms with van der Waals surface area (Å²) in [7, 11) is 1.37. The highest BCUT2D eigenvalue weighted by molar-refractivity contribution is 14.1. The minimum Gasteiger partial charge on any atom is -0.482 e. The molecule has 0 amide bonds. The number of halogens is 1. The largest absolute Gasteiger partial charge is 0.482 e. The number of fused-ring (bicyclic) bond motifs is 1. The molecule has 1 heterocycles. The molecule has 0 atom stereocenters. The Morgan fingerprint density at radius 3 is 2.76 bits per heavy atom. The van der Waals surface area contributed by atoms with Gasteiger partial charge in [0.05, 0.1) is 7.11 Å². The molecule has 0 saturated heterocycles. The Morgan fingerprint density at radius 2 is 2.12 bits per heavy atom. The van der Waals surface area contributed by atoms with Crippen LogP contribution in [0, 0.1) is 3.57 Å². The van der Waals surface area contributed by atoms with Crippen molar-refractivity contribution in [2.24, 2.45) is 0 Å². The summed E-state index contributed by atoms with van der Waals surface area (Å²) in [5.41, 5.74) is 0.992. The quantitative estimate of drug-likeness (QED) is 0.580. The molecule has 1 aromatic rings. The number of esters is 1. The third kappa shape index (κ3) is 2.46. The number of ether oxygens (including phenoxy) is 2. The lowest BCUT2D eigenvalue weighted by molar-refractivity contribution is 0.0589. The summed E-state index contributed by atoms with van der Waals surface area (Å²) >= 11 is 2.17. The lowest BCUT2D eigenvalue weighted by Crippen LogP contribution is -2.28. The van der Waals surface area contributed by atoms with Gasteiger partial charge < -0.3 is 9.47 Å². The van der Waals surface area contributed by atoms with Crippen LogP contribution in [0.15, 0.2) is 18.2 Å². The first kappa shape index (κ1) is 12.4. The molecule has 0 radical (unpaired) electrons. The molecule has 1 aromatic carbocycles. The predicted octanol–water partition coefficient (Wildman–Crippen LogP) is 3.26. The monoisotopic (exact) mass is 344 g/mol. The Kier molecular flexibility index (Phi) is 3.16. The van der Waals surface area contributed by atoms with E-state index in [-0.39, 0.29) is 5.97 Å². The van der Waals surface area contributed by atoms with Gasteiger partial charge in [0.15, 0.2) is 0 Å². The zero-order valence-corrected chi connectivity index (χ0v) is 12.1. The van der Waals surface area contributed by atoms with Gasteiger partial charge in [0.2, 0.25) is 0 Å². The number of rotatable bonds is 1. The van der Waals surface area contributed by atoms with Crippen molar-refractivity contribution in [3.8, 4) is 5.75 Å². The van der Waals surface area contributed by atoms with Crippen molar-refractivity contribution in [2.45, 2.75) is 19.4 Å². The Morgan fingerprint density at radius 1 is 1.41 bits per heavy atom. The summed E-state index contributed by atoms with van der Waals surface area (Å²) in [4.78, 5) is 11.7. The summed E-state index contributed by atoms with van der Waals surface area (Å²) in [6, 6.07) is 3.76. The molecule has 1 aliphatic heterocycles. The predicted molar refractivity (Wildman–Crippen MR) is 74.2 cm³/mol. The zero-order chi connectivity index (χ0) is 12.6. The van der Waals surface area contributed by atoms with Crippen LogP contribution in [0.25, 0.3) is 6.08 Å². The highest BCUT2D eigenvalue weighted by Crippen LogP contribution is 2.35. The summed E-state index contributed by atoms with van der Waals surface area (Å²) in [5.74, 6) is 0.232. The molecular weight excluding hydrogens is 331 g/mol. The number of hydrogen-bond acceptors (Lipinski definition) is 3. The third-order valence-corrected chi connectivity index (χ3v) is 3.14. The van der Waals surface area contributed by atoms with Crippen LogP contribution >= 0.6 is 22.6 Å². The number of carbonyl (C=O) groups excluding carboxylic acids is 1. The summed E-state index contributed by atoms with van der Waals surface area (Å²) in [6.07, 6.45) is 3.96. The van der Waals surface area contributed by atoms with E-state index in [4.69, 9.17) is 9.47 Å². The molecule has 0 aliphatic carbocycles. The molecule has 0 spiro atoms. The second-order valence-corrected chi connectivity index (χ2v) is 5.65. The lowest BCUT2D eigenvalue weighted by atomic mass is 10.00. The first-order valence-electron chi connectivity index (χ1n) is 5.23. The summed E-state index contributed by atoms with van der Waals surface area (Å²) in [5, 5.41) is 0. The van der Waals surface area contributed by atoms with Crippen molar-refractivity contribution in [3.05, 3.63) is 32.9 Å². The molecule has 3 nitrogen and oxygen atoms in total. The van der Waals surface area contributed by atoms with Crippen molar-refractivity contribution >= 4 is 34.6 Å². The van der Waals surface area contributed by atoms with Crippen molar-refractivity contribution in [2.75, 3.05) is 7.11 Å². The number of hydrogen-bond donors (Lipinski definition) is 0. The maximum Gasteiger partial charge on any atom is 0.341 e. The molecule has 4 heteroatoms. The van der Waals surface area contributed by atoms with E-state index < -0.39 is 5.60 Å². The van der Waals surface area contributed by atoms with Crippen molar-refractivity contribution in [1.29, 1.82) is 0 Å². The van der Waals surface area contributed by atoms with Crippen molar-refractivity contribution in [1.82, 2.24) is 0 Å². The summed E-state index contributed by atoms with van der Waals surface area (Å²) in [6.45, 7) is 3.90. The fourth-order valence-corrected chi connectivity index (χ4v) is 2.35. The second-order valence-electron chi connectivity index (χ2n) is 4.40. The molecular formula is C13H13IO3. The highest BCUT2D eigenvalue weighted by atomic mass is 127. The SMILES string of the molecule is COC(=O)c1cc(I)cc2c1OC(C)(C)C=C2. The van der Waals surface area contributed by atoms with Crippen LogP contribution in [0.5, 0.6) is 5.75 Å². The first-order chi connectivity index (χ1) is 7.93. The number of benzene rings is 1. The lowest BCUT2D eigenvalue weighted by Gasteiger charge is -2.29. The van der Waals surface area contributed by atoms with Gasteiger partial charge in [-0.1, -0.05) is 6.08 Å². The molecule has 2 rings (SSSR count). The fraction of sp³-hybridized carbons (Fsp3) is 0.308. The number of carbonyl (C=O) groups is 1. The topological polar surface area (TPSA) is 35.5 Å². The van der Waals surface area contributed by atoms with Crippen LogP contribution in [0.2, 0.25) is 0 Å². The molecule has 0 saturated carbocycles. The van der Waals surface area contributed by atoms with E-state index in [0.717, 1.165) is 9.13 Å². The van der Waals surface area contributed by atoms with E-state index in [9.17, 15) is 4.79 Å². The van der Waals surface area contributed by atoms with Gasteiger partial charge >= 0.3 is 5.97 Å². The van der Waals surface area contributed by atoms with E-state index >= 15 is 0 Å². The number of methoxy groups -OCH3 is 1. The molecule has 0 N–H and O–H groups in total. The average Bonchev–Trinajstić information content (AvgIpc) is 2.27. The molecule has 90 valence electrons. The standard InChI is InChI=1S/C13H13IO3/c1-13(2)5-4-8-6-9(14)7-10(11(8)17-13)12(15)16-3/h4-7H,1-3H3. The normalized spacial score (nSPS) is 16.0. The average molecular weight is 344 g/mol. The van der Waals surface area contributed by atoms with Gasteiger partial charge in [-0.15, -0.1) is 0 Å². The molecule has 17 heavy (non-hydrogen) atoms. The second kappa shape index (κ2) is 4.33. The van der Waals surface area contributed by atoms with Gasteiger partial charge in [0, 0.05) is 9.13 Å². The smallest absolute Gasteiger partial charge is 0.341 e. The maximum absolute atomic E-state index is 11.7. The Hall–Kier alpha value is -1.04. The van der Waals surface area contributed by atoms with Gasteiger partial charge in [-0.25, -0.2) is 4.79 Å². The maximum atomic E-state index is 11.7. The Bertz CT molecular complexity index is 504. The zero-order valence-electron chi connectivity index (χ0n) is 9.91. The molecule has 0 bridgehead atoms. The van der Waals surface area contributed by atoms with E-state index in [0.29, 0.717) is 11.3 Å². The molecule has 0 unspecified atom stereocenters. The van der Waals surface area contributed by atoms with Gasteiger partial charge in [0.25, 0.3) is 0 Å². The first-order valence-corrected chi connectivity index (χ1v) is 6.31. The van der Waals surface area contributed by atoms with Gasteiger partial charge in [-0.3, -0.25) is 0 Å². The van der Waals surface area contributed by atoms with E-state index in [2.05, 4.69) is 22.6 Å². The molecule has 0 aromatic heterocycles. The van der Waals surface area contributed by atoms with Crippen LogP contribution in [0.4, 0.5) is 0 Å². The minimum absolute atomic E-state index is 0.370. The van der Waals surface area contributed by atoms with Gasteiger partial charge in [-0.2, -0.15) is 0 Å². The van der Waals surface area contributed by atoms with Crippen LogP contribution < -0.4 is 4.74 Å². The van der Waals surface area contributed by atoms with Gasteiger partial charge in [0.1, 0.15) is 16.9 Å². The third-order valence-electron chi connectivity index (χ3n) is 2.52. The molecule has 1 aliphatic rings. The van der Waals surface area contributed by atoms with Crippen LogP contribution in [0.1, 0.15) is 29.8 Å². The van der Waals surface area contributed by atoms with Crippen molar-refractivity contribution < 1.29 is 14.3 Å². The Labute approximate surface area is 114 Å². The van der Waals surface area contributed by atoms with Crippen molar-refractivity contribution in [3.63, 3.8) is 0 Å². The minimum atomic E-state index is -0.400. The van der Waals surface area contributed by atoms with Crippen LogP contribution in [-0.2, 0) is 4.74 Å². The molecule has 0 fully saturated rings. The summed E-state index contributed by atoms with van der Waals surface area (Å²) < 4.78 is 11.6. The van der Waals surface area contributed by atoms with E-state index in [1.165, 1.54) is 7.11 Å². The van der Waals surface area contributed by atoms with Crippen LogP contribution in [0.3, 0.4) is 0 Å². The van der Waals surface area contributed by atoms with E-state index in [1.807, 2.05) is 32.1 Å².